The van der Waals surface area contributed by atoms with Crippen molar-refractivity contribution >= 4 is 17.7 Å². The number of hydrogen-bond donors (Lipinski definition) is 1. The van der Waals surface area contributed by atoms with Gasteiger partial charge in [0, 0.05) is 44.7 Å². The number of carbonyl (C=O) groups excluding carboxylic acids is 3. The van der Waals surface area contributed by atoms with Crippen LogP contribution in [0.1, 0.15) is 35.8 Å². The highest BCUT2D eigenvalue weighted by molar-refractivity contribution is 6.10. The van der Waals surface area contributed by atoms with Gasteiger partial charge in [-0.25, -0.2) is 0 Å². The van der Waals surface area contributed by atoms with Gasteiger partial charge in [0.2, 0.25) is 17.7 Å². The number of rotatable bonds is 9. The van der Waals surface area contributed by atoms with Crippen molar-refractivity contribution in [3.8, 4) is 0 Å². The zero-order valence-corrected chi connectivity index (χ0v) is 19.7. The summed E-state index contributed by atoms with van der Waals surface area (Å²) in [4.78, 5) is 47.0. The Kier molecular flexibility index (Phi) is 7.36. The second kappa shape index (κ2) is 10.6. The Morgan fingerprint density at radius 1 is 1.03 bits per heavy atom. The molecule has 1 aliphatic rings. The van der Waals surface area contributed by atoms with E-state index in [1.807, 2.05) is 42.5 Å². The number of aromatic nitrogens is 1. The fourth-order valence-electron chi connectivity index (χ4n) is 4.56. The number of aliphatic hydroxyl groups excluding tert-OH is 1. The van der Waals surface area contributed by atoms with Crippen molar-refractivity contribution in [1.82, 2.24) is 14.8 Å². The molecule has 1 aliphatic heterocycles. The Balaban J connectivity index is 1.53. The molecule has 0 spiro atoms. The lowest BCUT2D eigenvalue weighted by molar-refractivity contribution is -0.142. The van der Waals surface area contributed by atoms with Gasteiger partial charge in [0.1, 0.15) is 0 Å². The average Bonchev–Trinajstić information content (AvgIpc) is 3.13. The van der Waals surface area contributed by atoms with E-state index in [1.165, 1.54) is 9.80 Å². The SMILES string of the molecule is CN(C[C@H](O)c1ccccc1)C(=O)C[C@@]1(c2ccccc2)CC(=O)N(CCc2ccccn2)C1=O. The van der Waals surface area contributed by atoms with Crippen molar-refractivity contribution in [1.29, 1.82) is 0 Å². The molecule has 0 bridgehead atoms. The zero-order valence-electron chi connectivity index (χ0n) is 19.7. The van der Waals surface area contributed by atoms with Crippen molar-refractivity contribution in [2.45, 2.75) is 30.8 Å². The van der Waals surface area contributed by atoms with Gasteiger partial charge in [-0.2, -0.15) is 0 Å². The monoisotopic (exact) mass is 471 g/mol. The minimum Gasteiger partial charge on any atom is -0.387 e. The van der Waals surface area contributed by atoms with Gasteiger partial charge in [-0.05, 0) is 23.3 Å². The van der Waals surface area contributed by atoms with Crippen LogP contribution in [0.5, 0.6) is 0 Å². The molecule has 35 heavy (non-hydrogen) atoms. The number of imide groups is 1. The first-order valence-corrected chi connectivity index (χ1v) is 11.7. The number of likely N-dealkylation sites (N-methyl/N-ethyl adjacent to an activating group) is 1. The third kappa shape index (κ3) is 5.30. The van der Waals surface area contributed by atoms with Crippen LogP contribution in [0, 0.1) is 0 Å². The lowest BCUT2D eigenvalue weighted by Gasteiger charge is -2.30. The van der Waals surface area contributed by atoms with Crippen molar-refractivity contribution in [3.05, 3.63) is 102 Å². The maximum absolute atomic E-state index is 13.7. The van der Waals surface area contributed by atoms with Crippen molar-refractivity contribution in [3.63, 3.8) is 0 Å². The van der Waals surface area contributed by atoms with E-state index in [1.54, 1.807) is 49.6 Å². The van der Waals surface area contributed by atoms with Crippen LogP contribution in [0.3, 0.4) is 0 Å². The fraction of sp³-hybridized carbons (Fsp3) is 0.286. The minimum absolute atomic E-state index is 0.0706. The number of benzene rings is 2. The third-order valence-corrected chi connectivity index (χ3v) is 6.56. The maximum atomic E-state index is 13.7. The molecule has 1 saturated heterocycles. The molecule has 1 aromatic heterocycles. The zero-order chi connectivity index (χ0) is 24.8. The van der Waals surface area contributed by atoms with E-state index < -0.39 is 11.5 Å². The molecule has 180 valence electrons. The molecule has 4 rings (SSSR count). The van der Waals surface area contributed by atoms with Crippen molar-refractivity contribution < 1.29 is 19.5 Å². The lowest BCUT2D eigenvalue weighted by Crippen LogP contribution is -2.43. The molecular weight excluding hydrogens is 442 g/mol. The van der Waals surface area contributed by atoms with E-state index in [0.29, 0.717) is 17.5 Å². The first-order chi connectivity index (χ1) is 16.9. The molecule has 0 radical (unpaired) electrons. The highest BCUT2D eigenvalue weighted by Gasteiger charge is 2.53. The summed E-state index contributed by atoms with van der Waals surface area (Å²) < 4.78 is 0. The van der Waals surface area contributed by atoms with Crippen molar-refractivity contribution in [2.75, 3.05) is 20.1 Å². The summed E-state index contributed by atoms with van der Waals surface area (Å²) in [6.07, 6.45) is 1.04. The molecule has 1 fully saturated rings. The van der Waals surface area contributed by atoms with Gasteiger partial charge in [-0.15, -0.1) is 0 Å². The van der Waals surface area contributed by atoms with E-state index in [-0.39, 0.29) is 43.7 Å². The van der Waals surface area contributed by atoms with Crippen LogP contribution >= 0.6 is 0 Å². The Hall–Kier alpha value is -3.84. The van der Waals surface area contributed by atoms with Crippen molar-refractivity contribution in [2.24, 2.45) is 0 Å². The first kappa shape index (κ1) is 24.3. The second-order valence-electron chi connectivity index (χ2n) is 8.92. The van der Waals surface area contributed by atoms with Gasteiger partial charge in [0.25, 0.3) is 0 Å². The summed E-state index contributed by atoms with van der Waals surface area (Å²) in [6, 6.07) is 23.7. The predicted octanol–water partition coefficient (Wildman–Crippen LogP) is 2.90. The summed E-state index contributed by atoms with van der Waals surface area (Å²) in [5.74, 6) is -0.971. The second-order valence-corrected chi connectivity index (χ2v) is 8.92. The molecular formula is C28H29N3O4. The van der Waals surface area contributed by atoms with Crippen LogP contribution < -0.4 is 0 Å². The molecule has 1 N–H and O–H groups in total. The molecule has 0 aliphatic carbocycles. The maximum Gasteiger partial charge on any atom is 0.240 e. The molecule has 7 heteroatoms. The van der Waals surface area contributed by atoms with E-state index in [2.05, 4.69) is 4.98 Å². The summed E-state index contributed by atoms with van der Waals surface area (Å²) in [5.41, 5.74) is 0.865. The van der Waals surface area contributed by atoms with Gasteiger partial charge in [-0.3, -0.25) is 24.3 Å². The fourth-order valence-corrected chi connectivity index (χ4v) is 4.56. The molecule has 2 aromatic carbocycles. The number of carbonyl (C=O) groups is 3. The number of likely N-dealkylation sites (tertiary alicyclic amines) is 1. The van der Waals surface area contributed by atoms with Gasteiger partial charge in [0.15, 0.2) is 0 Å². The Morgan fingerprint density at radius 2 is 1.69 bits per heavy atom. The smallest absolute Gasteiger partial charge is 0.240 e. The van der Waals surface area contributed by atoms with Crippen LogP contribution in [0.4, 0.5) is 0 Å². The van der Waals surface area contributed by atoms with Gasteiger partial charge in [-0.1, -0.05) is 66.7 Å². The summed E-state index contributed by atoms with van der Waals surface area (Å²) in [5, 5.41) is 10.6. The van der Waals surface area contributed by atoms with Crippen LogP contribution in [0.15, 0.2) is 85.1 Å². The average molecular weight is 472 g/mol. The Bertz CT molecular complexity index is 1170. The Morgan fingerprint density at radius 3 is 2.34 bits per heavy atom. The highest BCUT2D eigenvalue weighted by Crippen LogP contribution is 2.40. The largest absolute Gasteiger partial charge is 0.387 e. The summed E-state index contributed by atoms with van der Waals surface area (Å²) in [6.45, 7) is 0.291. The summed E-state index contributed by atoms with van der Waals surface area (Å²) >= 11 is 0. The molecule has 0 unspecified atom stereocenters. The molecule has 3 amide bonds. The number of hydrogen-bond acceptors (Lipinski definition) is 5. The number of nitrogens with zero attached hydrogens (tertiary/aromatic N) is 3. The van der Waals surface area contributed by atoms with Crippen LogP contribution in [-0.2, 0) is 26.2 Å². The lowest BCUT2D eigenvalue weighted by atomic mass is 9.75. The number of aliphatic hydroxyl groups is 1. The molecule has 7 nitrogen and oxygen atoms in total. The van der Waals surface area contributed by atoms with E-state index in [9.17, 15) is 19.5 Å². The van der Waals surface area contributed by atoms with E-state index in [4.69, 9.17) is 0 Å². The first-order valence-electron chi connectivity index (χ1n) is 11.7. The Labute approximate surface area is 205 Å². The number of pyridine rings is 1. The highest BCUT2D eigenvalue weighted by atomic mass is 16.3. The topological polar surface area (TPSA) is 90.8 Å². The van der Waals surface area contributed by atoms with Crippen LogP contribution in [0.2, 0.25) is 0 Å². The van der Waals surface area contributed by atoms with Gasteiger partial charge in [0.05, 0.1) is 18.1 Å². The quantitative estimate of drug-likeness (QED) is 0.485. The third-order valence-electron chi connectivity index (χ3n) is 6.56. The molecule has 3 aromatic rings. The van der Waals surface area contributed by atoms with Crippen LogP contribution in [-0.4, -0.2) is 57.7 Å². The van der Waals surface area contributed by atoms with Gasteiger partial charge >= 0.3 is 0 Å². The molecule has 0 saturated carbocycles. The summed E-state index contributed by atoms with van der Waals surface area (Å²) in [7, 11) is 1.60. The minimum atomic E-state index is -1.27. The van der Waals surface area contributed by atoms with E-state index >= 15 is 0 Å². The standard InChI is InChI=1S/C28H29N3O4/c1-30(20-24(32)21-10-4-2-5-11-21)25(33)18-28(22-12-6-3-7-13-22)19-26(34)31(27(28)35)17-15-23-14-8-9-16-29-23/h2-14,16,24,32H,15,17-20H2,1H3/t24-,28-/m0/s1. The normalized spacial score (nSPS) is 18.5. The molecule has 2 heterocycles. The predicted molar refractivity (Wildman–Crippen MR) is 131 cm³/mol. The van der Waals surface area contributed by atoms with Gasteiger partial charge < -0.3 is 10.0 Å². The molecule has 2 atom stereocenters. The van der Waals surface area contributed by atoms with E-state index in [0.717, 1.165) is 5.69 Å². The van der Waals surface area contributed by atoms with Crippen LogP contribution in [0.25, 0.3) is 0 Å². The number of amides is 3.